The van der Waals surface area contributed by atoms with Gasteiger partial charge in [-0.3, -0.25) is 9.59 Å². The molecule has 0 unspecified atom stereocenters. The van der Waals surface area contributed by atoms with Crippen LogP contribution in [-0.4, -0.2) is 39.3 Å². The van der Waals surface area contributed by atoms with Crippen molar-refractivity contribution in [3.05, 3.63) is 64.9 Å². The molecule has 148 valence electrons. The topological polar surface area (TPSA) is 78.1 Å². The predicted molar refractivity (Wildman–Crippen MR) is 110 cm³/mol. The third kappa shape index (κ3) is 2.99. The van der Waals surface area contributed by atoms with E-state index in [2.05, 4.69) is 15.3 Å². The zero-order chi connectivity index (χ0) is 20.0. The molecule has 2 aromatic carbocycles. The first-order valence-electron chi connectivity index (χ1n) is 9.83. The second-order valence-electron chi connectivity index (χ2n) is 7.86. The van der Waals surface area contributed by atoms with Gasteiger partial charge in [0.2, 0.25) is 11.8 Å². The molecular weight excluding hydrogens is 388 g/mol. The molecule has 0 spiro atoms. The van der Waals surface area contributed by atoms with Crippen LogP contribution in [0.4, 0.5) is 0 Å². The first kappa shape index (κ1) is 18.2. The zero-order valence-electron chi connectivity index (χ0n) is 15.8. The summed E-state index contributed by atoms with van der Waals surface area (Å²) in [5.41, 5.74) is 1.74. The highest BCUT2D eigenvalue weighted by Crippen LogP contribution is 2.45. The third-order valence-corrected chi connectivity index (χ3v) is 6.49. The summed E-state index contributed by atoms with van der Waals surface area (Å²) in [6.45, 7) is 0.657. The highest BCUT2D eigenvalue weighted by molar-refractivity contribution is 6.31. The highest BCUT2D eigenvalue weighted by atomic mass is 35.5. The molecule has 2 aliphatic heterocycles. The summed E-state index contributed by atoms with van der Waals surface area (Å²) in [5, 5.41) is 3.60. The summed E-state index contributed by atoms with van der Waals surface area (Å²) in [7, 11) is 0. The predicted octanol–water partition coefficient (Wildman–Crippen LogP) is 3.17. The molecule has 0 radical (unpaired) electrons. The number of carbonyl (C=O) groups is 2. The van der Waals surface area contributed by atoms with Gasteiger partial charge in [0, 0.05) is 24.0 Å². The van der Waals surface area contributed by atoms with Crippen LogP contribution in [0.5, 0.6) is 0 Å². The number of aromatic nitrogens is 2. The Kier molecular flexibility index (Phi) is 4.32. The van der Waals surface area contributed by atoms with E-state index in [0.717, 1.165) is 23.0 Å². The van der Waals surface area contributed by atoms with E-state index in [1.165, 1.54) is 0 Å². The fourth-order valence-corrected chi connectivity index (χ4v) is 5.05. The molecule has 2 atom stereocenters. The van der Waals surface area contributed by atoms with Crippen LogP contribution in [0, 0.1) is 0 Å². The lowest BCUT2D eigenvalue weighted by Gasteiger charge is -2.29. The van der Waals surface area contributed by atoms with Gasteiger partial charge in [0.15, 0.2) is 0 Å². The minimum atomic E-state index is -0.842. The lowest BCUT2D eigenvalue weighted by Crippen LogP contribution is -2.47. The van der Waals surface area contributed by atoms with E-state index in [4.69, 9.17) is 11.6 Å². The number of carbonyl (C=O) groups excluding carboxylic acids is 2. The molecule has 0 aliphatic carbocycles. The number of hydrogen-bond donors (Lipinski definition) is 2. The van der Waals surface area contributed by atoms with Gasteiger partial charge < -0.3 is 15.2 Å². The smallest absolute Gasteiger partial charge is 0.232 e. The van der Waals surface area contributed by atoms with Crippen molar-refractivity contribution >= 4 is 34.4 Å². The molecule has 3 aromatic rings. The van der Waals surface area contributed by atoms with E-state index < -0.39 is 5.41 Å². The quantitative estimate of drug-likeness (QED) is 0.696. The van der Waals surface area contributed by atoms with Crippen LogP contribution in [-0.2, 0) is 21.5 Å². The zero-order valence-corrected chi connectivity index (χ0v) is 16.6. The normalized spacial score (nSPS) is 23.6. The molecule has 29 heavy (non-hydrogen) atoms. The number of imidazole rings is 1. The first-order chi connectivity index (χ1) is 14.1. The number of H-pyrrole nitrogens is 1. The van der Waals surface area contributed by atoms with Crippen molar-refractivity contribution < 1.29 is 9.59 Å². The van der Waals surface area contributed by atoms with Crippen molar-refractivity contribution in [1.82, 2.24) is 20.2 Å². The van der Waals surface area contributed by atoms with E-state index in [-0.39, 0.29) is 17.9 Å². The van der Waals surface area contributed by atoms with Gasteiger partial charge in [0.05, 0.1) is 23.0 Å². The van der Waals surface area contributed by atoms with Crippen LogP contribution < -0.4 is 5.32 Å². The molecule has 0 saturated carbocycles. The van der Waals surface area contributed by atoms with Crippen molar-refractivity contribution in [1.29, 1.82) is 0 Å². The van der Waals surface area contributed by atoms with Crippen molar-refractivity contribution in [2.75, 3.05) is 6.54 Å². The van der Waals surface area contributed by atoms with E-state index in [1.807, 2.05) is 47.4 Å². The van der Waals surface area contributed by atoms with Crippen molar-refractivity contribution in [3.8, 4) is 0 Å². The van der Waals surface area contributed by atoms with Gasteiger partial charge in [-0.05, 0) is 36.6 Å². The molecular formula is C22H21ClN4O2. The average Bonchev–Trinajstić information content (AvgIpc) is 3.40. The summed E-state index contributed by atoms with van der Waals surface area (Å²) in [6, 6.07) is 15.3. The fraction of sp³-hybridized carbons (Fsp3) is 0.318. The summed E-state index contributed by atoms with van der Waals surface area (Å²) in [5.74, 6) is 0.700. The Balaban J connectivity index is 1.44. The third-order valence-electron chi connectivity index (χ3n) is 6.16. The molecule has 3 heterocycles. The Morgan fingerprint density at radius 3 is 2.83 bits per heavy atom. The fourth-order valence-electron chi connectivity index (χ4n) is 4.73. The number of aromatic amines is 1. The number of nitrogens with one attached hydrogen (secondary N) is 2. The second kappa shape index (κ2) is 6.88. The largest absolute Gasteiger partial charge is 0.348 e. The maximum Gasteiger partial charge on any atom is 0.232 e. The van der Waals surface area contributed by atoms with Crippen LogP contribution in [0.2, 0.25) is 5.02 Å². The van der Waals surface area contributed by atoms with Gasteiger partial charge >= 0.3 is 0 Å². The van der Waals surface area contributed by atoms with Gasteiger partial charge in [-0.1, -0.05) is 41.9 Å². The SMILES string of the molecule is O=C1CC[C@H]2C[C@@](C(=O)NCc3nc4ccccc4[nH]3)(c3ccccc3Cl)CN12. The molecule has 0 bridgehead atoms. The van der Waals surface area contributed by atoms with Crippen molar-refractivity contribution in [3.63, 3.8) is 0 Å². The molecule has 2 N–H and O–H groups in total. The van der Waals surface area contributed by atoms with Crippen LogP contribution in [0.25, 0.3) is 11.0 Å². The monoisotopic (exact) mass is 408 g/mol. The average molecular weight is 409 g/mol. The Hall–Kier alpha value is -2.86. The Morgan fingerprint density at radius 2 is 2.03 bits per heavy atom. The number of fused-ring (bicyclic) bond motifs is 2. The van der Waals surface area contributed by atoms with E-state index in [9.17, 15) is 9.59 Å². The van der Waals surface area contributed by atoms with Gasteiger partial charge in [-0.25, -0.2) is 4.98 Å². The molecule has 2 fully saturated rings. The van der Waals surface area contributed by atoms with Gasteiger partial charge in [0.1, 0.15) is 5.82 Å². The van der Waals surface area contributed by atoms with E-state index in [1.54, 1.807) is 6.07 Å². The number of benzene rings is 2. The molecule has 2 amide bonds. The van der Waals surface area contributed by atoms with Crippen molar-refractivity contribution in [2.24, 2.45) is 0 Å². The number of halogens is 1. The lowest BCUT2D eigenvalue weighted by atomic mass is 9.76. The van der Waals surface area contributed by atoms with Crippen LogP contribution >= 0.6 is 11.6 Å². The van der Waals surface area contributed by atoms with Gasteiger partial charge in [-0.15, -0.1) is 0 Å². The number of amides is 2. The maximum atomic E-state index is 13.5. The minimum Gasteiger partial charge on any atom is -0.348 e. The molecule has 5 rings (SSSR count). The standard InChI is InChI=1S/C22H21ClN4O2/c23-16-6-2-1-5-15(16)22(11-14-9-10-20(28)27(14)13-22)21(29)24-12-19-25-17-7-3-4-8-18(17)26-19/h1-8,14H,9-13H2,(H,24,29)(H,25,26)/t14-,22-/m0/s1. The maximum absolute atomic E-state index is 13.5. The summed E-state index contributed by atoms with van der Waals surface area (Å²) in [6.07, 6.45) is 1.94. The summed E-state index contributed by atoms with van der Waals surface area (Å²) >= 11 is 6.50. The second-order valence-corrected chi connectivity index (χ2v) is 8.27. The van der Waals surface area contributed by atoms with Crippen molar-refractivity contribution in [2.45, 2.75) is 37.3 Å². The molecule has 2 aliphatic rings. The van der Waals surface area contributed by atoms with E-state index >= 15 is 0 Å². The molecule has 1 aromatic heterocycles. The number of hydrogen-bond acceptors (Lipinski definition) is 3. The Morgan fingerprint density at radius 1 is 1.24 bits per heavy atom. The number of rotatable bonds is 4. The molecule has 6 nitrogen and oxygen atoms in total. The van der Waals surface area contributed by atoms with E-state index in [0.29, 0.717) is 36.8 Å². The Bertz CT molecular complexity index is 1080. The molecule has 7 heteroatoms. The van der Waals surface area contributed by atoms with Crippen LogP contribution in [0.3, 0.4) is 0 Å². The number of nitrogens with zero attached hydrogens (tertiary/aromatic N) is 2. The number of para-hydroxylation sites is 2. The van der Waals surface area contributed by atoms with Gasteiger partial charge in [0.25, 0.3) is 0 Å². The minimum absolute atomic E-state index is 0.0933. The first-order valence-corrected chi connectivity index (χ1v) is 10.2. The van der Waals surface area contributed by atoms with Crippen LogP contribution in [0.1, 0.15) is 30.7 Å². The Labute approximate surface area is 173 Å². The molecule has 2 saturated heterocycles. The highest BCUT2D eigenvalue weighted by Gasteiger charge is 2.54. The van der Waals surface area contributed by atoms with Gasteiger partial charge in [-0.2, -0.15) is 0 Å². The lowest BCUT2D eigenvalue weighted by molar-refractivity contribution is -0.129. The van der Waals surface area contributed by atoms with Crippen LogP contribution in [0.15, 0.2) is 48.5 Å². The summed E-state index contributed by atoms with van der Waals surface area (Å²) < 4.78 is 0. The summed E-state index contributed by atoms with van der Waals surface area (Å²) in [4.78, 5) is 35.4.